The zero-order valence-corrected chi connectivity index (χ0v) is 10.5. The predicted molar refractivity (Wildman–Crippen MR) is 65.1 cm³/mol. The number of ether oxygens (including phenoxy) is 1. The lowest BCUT2D eigenvalue weighted by molar-refractivity contribution is 0.0520. The molecule has 1 unspecified atom stereocenters. The molecule has 0 spiro atoms. The quantitative estimate of drug-likeness (QED) is 0.812. The van der Waals surface area contributed by atoms with Gasteiger partial charge in [-0.1, -0.05) is 13.3 Å². The molecule has 3 heteroatoms. The van der Waals surface area contributed by atoms with Crippen LogP contribution in [0.25, 0.3) is 0 Å². The molecule has 0 amide bonds. The Kier molecular flexibility index (Phi) is 2.49. The molecule has 0 aliphatic heterocycles. The zero-order chi connectivity index (χ0) is 12.0. The highest BCUT2D eigenvalue weighted by molar-refractivity contribution is 5.88. The van der Waals surface area contributed by atoms with Crippen molar-refractivity contribution in [2.24, 2.45) is 11.8 Å². The highest BCUT2D eigenvalue weighted by atomic mass is 16.5. The van der Waals surface area contributed by atoms with Crippen LogP contribution in [0.5, 0.6) is 0 Å². The number of carbonyl (C=O) groups excluding carboxylic acids is 1. The second-order valence-electron chi connectivity index (χ2n) is 5.18. The van der Waals surface area contributed by atoms with E-state index in [9.17, 15) is 4.79 Å². The van der Waals surface area contributed by atoms with E-state index >= 15 is 0 Å². The van der Waals surface area contributed by atoms with Crippen molar-refractivity contribution in [2.75, 3.05) is 6.61 Å². The number of aromatic amines is 1. The van der Waals surface area contributed by atoms with E-state index in [-0.39, 0.29) is 5.97 Å². The Morgan fingerprint density at radius 1 is 1.53 bits per heavy atom. The van der Waals surface area contributed by atoms with Crippen LogP contribution in [0.4, 0.5) is 0 Å². The van der Waals surface area contributed by atoms with Crippen LogP contribution in [-0.2, 0) is 11.2 Å². The largest absolute Gasteiger partial charge is 0.461 e. The molecular formula is C14H19NO2. The van der Waals surface area contributed by atoms with E-state index in [0.29, 0.717) is 12.3 Å². The molecule has 1 N–H and O–H groups in total. The summed E-state index contributed by atoms with van der Waals surface area (Å²) in [7, 11) is 0. The minimum absolute atomic E-state index is 0.217. The number of H-pyrrole nitrogens is 1. The lowest BCUT2D eigenvalue weighted by atomic mass is 10.1. The molecule has 17 heavy (non-hydrogen) atoms. The van der Waals surface area contributed by atoms with Crippen LogP contribution >= 0.6 is 0 Å². The molecule has 0 bridgehead atoms. The van der Waals surface area contributed by atoms with E-state index in [1.165, 1.54) is 24.1 Å². The average molecular weight is 233 g/mol. The molecule has 1 heterocycles. The summed E-state index contributed by atoms with van der Waals surface area (Å²) in [5.41, 5.74) is 3.30. The van der Waals surface area contributed by atoms with E-state index in [1.807, 2.05) is 13.0 Å². The highest BCUT2D eigenvalue weighted by Gasteiger charge is 2.55. The summed E-state index contributed by atoms with van der Waals surface area (Å²) in [6.07, 6.45) is 3.72. The maximum absolute atomic E-state index is 11.6. The van der Waals surface area contributed by atoms with Crippen LogP contribution in [0.3, 0.4) is 0 Å². The van der Waals surface area contributed by atoms with Crippen molar-refractivity contribution in [3.05, 3.63) is 23.0 Å². The van der Waals surface area contributed by atoms with Gasteiger partial charge < -0.3 is 9.72 Å². The molecule has 1 aromatic rings. The molecule has 0 aromatic carbocycles. The van der Waals surface area contributed by atoms with E-state index in [0.717, 1.165) is 24.2 Å². The normalized spacial score (nSPS) is 28.7. The van der Waals surface area contributed by atoms with Gasteiger partial charge in [-0.25, -0.2) is 4.79 Å². The first-order chi connectivity index (χ1) is 8.26. The van der Waals surface area contributed by atoms with Gasteiger partial charge in [0.15, 0.2) is 0 Å². The number of nitrogens with one attached hydrogen (secondary N) is 1. The average Bonchev–Trinajstić information content (AvgIpc) is 2.69. The molecule has 2 aliphatic rings. The third-order valence-corrected chi connectivity index (χ3v) is 4.18. The molecule has 1 fully saturated rings. The van der Waals surface area contributed by atoms with Crippen molar-refractivity contribution < 1.29 is 9.53 Å². The first-order valence-corrected chi connectivity index (χ1v) is 6.65. The van der Waals surface area contributed by atoms with Gasteiger partial charge in [0.1, 0.15) is 5.69 Å². The number of esters is 1. The molecule has 3 atom stereocenters. The van der Waals surface area contributed by atoms with Crippen molar-refractivity contribution >= 4 is 5.97 Å². The number of aromatic nitrogens is 1. The van der Waals surface area contributed by atoms with Crippen molar-refractivity contribution in [1.29, 1.82) is 0 Å². The summed E-state index contributed by atoms with van der Waals surface area (Å²) in [6, 6.07) is 2.02. The maximum Gasteiger partial charge on any atom is 0.354 e. The summed E-state index contributed by atoms with van der Waals surface area (Å²) < 4.78 is 5.02. The summed E-state index contributed by atoms with van der Waals surface area (Å²) in [5.74, 6) is 2.24. The monoisotopic (exact) mass is 233 g/mol. The van der Waals surface area contributed by atoms with Gasteiger partial charge >= 0.3 is 5.97 Å². The summed E-state index contributed by atoms with van der Waals surface area (Å²) in [4.78, 5) is 14.9. The number of fused-ring (bicyclic) bond motifs is 3. The SMILES string of the molecule is CCCC1[C@H]2Cc3[nH]c(C(=O)OCC)cc3[C@@H]12. The van der Waals surface area contributed by atoms with Crippen LogP contribution in [0.15, 0.2) is 6.07 Å². The molecule has 92 valence electrons. The third kappa shape index (κ3) is 1.60. The van der Waals surface area contributed by atoms with Crippen LogP contribution in [0.2, 0.25) is 0 Å². The molecule has 2 aliphatic carbocycles. The van der Waals surface area contributed by atoms with Gasteiger partial charge in [-0.3, -0.25) is 0 Å². The zero-order valence-electron chi connectivity index (χ0n) is 10.5. The minimum Gasteiger partial charge on any atom is -0.461 e. The van der Waals surface area contributed by atoms with E-state index in [2.05, 4.69) is 11.9 Å². The lowest BCUT2D eigenvalue weighted by Crippen LogP contribution is -2.05. The van der Waals surface area contributed by atoms with Crippen LogP contribution in [0, 0.1) is 11.8 Å². The van der Waals surface area contributed by atoms with Crippen molar-refractivity contribution in [3.8, 4) is 0 Å². The van der Waals surface area contributed by atoms with Gasteiger partial charge in [-0.2, -0.15) is 0 Å². The molecule has 3 rings (SSSR count). The van der Waals surface area contributed by atoms with Crippen LogP contribution < -0.4 is 0 Å². The first kappa shape index (κ1) is 10.9. The molecule has 1 saturated carbocycles. The number of rotatable bonds is 4. The van der Waals surface area contributed by atoms with Gasteiger partial charge in [-0.05, 0) is 49.1 Å². The third-order valence-electron chi connectivity index (χ3n) is 4.18. The molecule has 3 nitrogen and oxygen atoms in total. The van der Waals surface area contributed by atoms with Gasteiger partial charge in [0.25, 0.3) is 0 Å². The van der Waals surface area contributed by atoms with E-state index in [4.69, 9.17) is 4.74 Å². The predicted octanol–water partition coefficient (Wildman–Crippen LogP) is 2.88. The Morgan fingerprint density at radius 2 is 2.35 bits per heavy atom. The minimum atomic E-state index is -0.217. The second kappa shape index (κ2) is 3.90. The lowest BCUT2D eigenvalue weighted by Gasteiger charge is -2.00. The Hall–Kier alpha value is -1.25. The Labute approximate surface area is 102 Å². The van der Waals surface area contributed by atoms with Crippen LogP contribution in [0.1, 0.15) is 54.4 Å². The molecular weight excluding hydrogens is 214 g/mol. The molecule has 0 saturated heterocycles. The Bertz CT molecular complexity index is 449. The maximum atomic E-state index is 11.6. The highest BCUT2D eigenvalue weighted by Crippen LogP contribution is 2.63. The number of hydrogen-bond donors (Lipinski definition) is 1. The van der Waals surface area contributed by atoms with Gasteiger partial charge in [-0.15, -0.1) is 0 Å². The Balaban J connectivity index is 1.76. The van der Waals surface area contributed by atoms with Gasteiger partial charge in [0.2, 0.25) is 0 Å². The topological polar surface area (TPSA) is 42.1 Å². The molecule has 1 aromatic heterocycles. The van der Waals surface area contributed by atoms with E-state index < -0.39 is 0 Å². The van der Waals surface area contributed by atoms with Crippen molar-refractivity contribution in [1.82, 2.24) is 4.98 Å². The fraction of sp³-hybridized carbons (Fsp3) is 0.643. The first-order valence-electron chi connectivity index (χ1n) is 6.65. The molecule has 0 radical (unpaired) electrons. The van der Waals surface area contributed by atoms with Crippen molar-refractivity contribution in [2.45, 2.75) is 39.0 Å². The Morgan fingerprint density at radius 3 is 3.06 bits per heavy atom. The smallest absolute Gasteiger partial charge is 0.354 e. The summed E-state index contributed by atoms with van der Waals surface area (Å²) in [6.45, 7) is 4.52. The fourth-order valence-electron chi connectivity index (χ4n) is 3.45. The van der Waals surface area contributed by atoms with Gasteiger partial charge in [0, 0.05) is 5.69 Å². The standard InChI is InChI=1S/C14H19NO2/c1-3-5-8-9-6-11-10(13(8)9)7-12(15-11)14(16)17-4-2/h7-9,13,15H,3-6H2,1-2H3/t8?,9-,13+/m1/s1. The second-order valence-corrected chi connectivity index (χ2v) is 5.18. The van der Waals surface area contributed by atoms with Crippen molar-refractivity contribution in [3.63, 3.8) is 0 Å². The van der Waals surface area contributed by atoms with E-state index in [1.54, 1.807) is 0 Å². The number of carbonyl (C=O) groups is 1. The van der Waals surface area contributed by atoms with Crippen LogP contribution in [-0.4, -0.2) is 17.6 Å². The number of hydrogen-bond acceptors (Lipinski definition) is 2. The summed E-state index contributed by atoms with van der Waals surface area (Å²) >= 11 is 0. The fourth-order valence-corrected chi connectivity index (χ4v) is 3.45. The summed E-state index contributed by atoms with van der Waals surface area (Å²) in [5, 5.41) is 0. The van der Waals surface area contributed by atoms with Gasteiger partial charge in [0.05, 0.1) is 6.61 Å².